The van der Waals surface area contributed by atoms with E-state index in [0.717, 1.165) is 12.1 Å². The summed E-state index contributed by atoms with van der Waals surface area (Å²) < 4.78 is 75.2. The molecule has 0 aliphatic rings. The van der Waals surface area contributed by atoms with Crippen LogP contribution in [0.2, 0.25) is 0 Å². The van der Waals surface area contributed by atoms with Crippen molar-refractivity contribution in [2.45, 2.75) is 18.0 Å². The van der Waals surface area contributed by atoms with E-state index in [1.165, 1.54) is 13.0 Å². The van der Waals surface area contributed by atoms with Crippen LogP contribution in [0.5, 0.6) is 0 Å². The molecule has 20 heavy (non-hydrogen) atoms. The van der Waals surface area contributed by atoms with Crippen LogP contribution in [0.1, 0.15) is 5.56 Å². The Bertz CT molecular complexity index is 574. The molecule has 1 rings (SSSR count). The van der Waals surface area contributed by atoms with E-state index in [1.54, 1.807) is 0 Å². The zero-order chi connectivity index (χ0) is 15.6. The summed E-state index contributed by atoms with van der Waals surface area (Å²) >= 11 is 2.91. The van der Waals surface area contributed by atoms with Crippen molar-refractivity contribution in [3.05, 3.63) is 29.6 Å². The fourth-order valence-electron chi connectivity index (χ4n) is 1.57. The van der Waals surface area contributed by atoms with Crippen molar-refractivity contribution in [1.29, 1.82) is 0 Å². The maximum Gasteiger partial charge on any atom is 0.402 e. The van der Waals surface area contributed by atoms with Gasteiger partial charge in [0.1, 0.15) is 12.4 Å². The largest absolute Gasteiger partial charge is 0.402 e. The number of alkyl halides is 4. The summed E-state index contributed by atoms with van der Waals surface area (Å²) in [5, 5.41) is 0.0384. The minimum atomic E-state index is -4.67. The Kier molecular flexibility index (Phi) is 5.56. The van der Waals surface area contributed by atoms with Crippen LogP contribution in [0.25, 0.3) is 0 Å². The molecule has 0 atom stereocenters. The van der Waals surface area contributed by atoms with Crippen LogP contribution >= 0.6 is 15.9 Å². The molecule has 0 aliphatic carbocycles. The Balaban J connectivity index is 3.26. The highest BCUT2D eigenvalue weighted by molar-refractivity contribution is 9.09. The molecule has 0 bridgehead atoms. The number of aryl methyl sites for hydroxylation is 1. The first-order valence-electron chi connectivity index (χ1n) is 5.47. The summed E-state index contributed by atoms with van der Waals surface area (Å²) in [7, 11) is -4.41. The quantitative estimate of drug-likeness (QED) is 0.584. The Hall–Kier alpha value is -0.670. The van der Waals surface area contributed by atoms with Gasteiger partial charge in [-0.1, -0.05) is 22.0 Å². The molecule has 9 heteroatoms. The van der Waals surface area contributed by atoms with E-state index in [4.69, 9.17) is 0 Å². The number of hydrogen-bond acceptors (Lipinski definition) is 2. The van der Waals surface area contributed by atoms with E-state index in [2.05, 4.69) is 15.9 Å². The average Bonchev–Trinajstić information content (AvgIpc) is 2.30. The van der Waals surface area contributed by atoms with Crippen LogP contribution < -0.4 is 0 Å². The van der Waals surface area contributed by atoms with Gasteiger partial charge in [0.2, 0.25) is 10.0 Å². The highest BCUT2D eigenvalue weighted by Crippen LogP contribution is 2.25. The second kappa shape index (κ2) is 6.40. The van der Waals surface area contributed by atoms with Crippen molar-refractivity contribution < 1.29 is 26.0 Å². The number of halogens is 5. The van der Waals surface area contributed by atoms with E-state index < -0.39 is 33.5 Å². The molecule has 1 aromatic carbocycles. The first-order chi connectivity index (χ1) is 9.08. The number of benzene rings is 1. The maximum atomic E-state index is 13.2. The molecule has 0 unspecified atom stereocenters. The number of nitrogens with zero attached hydrogens (tertiary/aromatic N) is 1. The second-order valence-electron chi connectivity index (χ2n) is 4.05. The molecule has 0 spiro atoms. The SMILES string of the molecule is Cc1ccc(F)cc1S(=O)(=O)N(CCBr)CC(F)(F)F. The van der Waals surface area contributed by atoms with E-state index in [9.17, 15) is 26.0 Å². The highest BCUT2D eigenvalue weighted by Gasteiger charge is 2.37. The van der Waals surface area contributed by atoms with Crippen LogP contribution in [0, 0.1) is 12.7 Å². The molecule has 0 aromatic heterocycles. The van der Waals surface area contributed by atoms with E-state index in [1.807, 2.05) is 0 Å². The predicted molar refractivity (Wildman–Crippen MR) is 69.7 cm³/mol. The summed E-state index contributed by atoms with van der Waals surface area (Å²) in [6.45, 7) is -0.582. The molecule has 0 fully saturated rings. The molecule has 0 aliphatic heterocycles. The van der Waals surface area contributed by atoms with Crippen molar-refractivity contribution in [1.82, 2.24) is 4.31 Å². The van der Waals surface area contributed by atoms with Gasteiger partial charge in [-0.3, -0.25) is 0 Å². The number of rotatable bonds is 5. The molecule has 0 radical (unpaired) electrons. The monoisotopic (exact) mass is 377 g/mol. The lowest BCUT2D eigenvalue weighted by Gasteiger charge is -2.23. The Morgan fingerprint density at radius 2 is 1.90 bits per heavy atom. The molecular formula is C11H12BrF4NO2S. The third-order valence-electron chi connectivity index (χ3n) is 2.46. The molecule has 114 valence electrons. The lowest BCUT2D eigenvalue weighted by Crippen LogP contribution is -2.40. The fourth-order valence-corrected chi connectivity index (χ4v) is 3.89. The van der Waals surface area contributed by atoms with Gasteiger partial charge in [0, 0.05) is 11.9 Å². The van der Waals surface area contributed by atoms with Gasteiger partial charge in [-0.25, -0.2) is 12.8 Å². The zero-order valence-electron chi connectivity index (χ0n) is 10.4. The molecule has 0 saturated heterocycles. The predicted octanol–water partition coefficient (Wildman–Crippen LogP) is 3.08. The van der Waals surface area contributed by atoms with Crippen LogP contribution in [-0.2, 0) is 10.0 Å². The van der Waals surface area contributed by atoms with Gasteiger partial charge in [0.05, 0.1) is 4.90 Å². The Morgan fingerprint density at radius 3 is 2.40 bits per heavy atom. The zero-order valence-corrected chi connectivity index (χ0v) is 12.8. The van der Waals surface area contributed by atoms with Gasteiger partial charge in [-0.05, 0) is 24.6 Å². The van der Waals surface area contributed by atoms with Crippen molar-refractivity contribution >= 4 is 26.0 Å². The van der Waals surface area contributed by atoms with E-state index in [0.29, 0.717) is 0 Å². The summed E-state index contributed by atoms with van der Waals surface area (Å²) in [6.07, 6.45) is -4.67. The Morgan fingerprint density at radius 1 is 1.30 bits per heavy atom. The standard InChI is InChI=1S/C11H12BrF4NO2S/c1-8-2-3-9(13)6-10(8)20(18,19)17(5-4-12)7-11(14,15)16/h2-3,6H,4-5,7H2,1H3. The molecule has 1 aromatic rings. The van der Waals surface area contributed by atoms with Crippen LogP contribution in [0.15, 0.2) is 23.1 Å². The minimum absolute atomic E-state index is 0.0384. The van der Waals surface area contributed by atoms with Crippen LogP contribution in [0.4, 0.5) is 17.6 Å². The summed E-state index contributed by atoms with van der Waals surface area (Å²) in [5.41, 5.74) is 0.188. The Labute approximate surface area is 122 Å². The summed E-state index contributed by atoms with van der Waals surface area (Å²) in [4.78, 5) is -0.456. The summed E-state index contributed by atoms with van der Waals surface area (Å²) in [6, 6.07) is 2.98. The van der Waals surface area contributed by atoms with Crippen molar-refractivity contribution in [3.63, 3.8) is 0 Å². The second-order valence-corrected chi connectivity index (χ2v) is 6.75. The van der Waals surface area contributed by atoms with Gasteiger partial charge in [0.25, 0.3) is 0 Å². The van der Waals surface area contributed by atoms with Crippen LogP contribution in [-0.4, -0.2) is 37.3 Å². The highest BCUT2D eigenvalue weighted by atomic mass is 79.9. The van der Waals surface area contributed by atoms with Gasteiger partial charge in [0.15, 0.2) is 0 Å². The van der Waals surface area contributed by atoms with Crippen molar-refractivity contribution in [2.75, 3.05) is 18.4 Å². The third kappa shape index (κ3) is 4.42. The topological polar surface area (TPSA) is 37.4 Å². The first kappa shape index (κ1) is 17.4. The maximum absolute atomic E-state index is 13.2. The fraction of sp³-hybridized carbons (Fsp3) is 0.455. The molecule has 0 N–H and O–H groups in total. The van der Waals surface area contributed by atoms with Gasteiger partial charge in [-0.15, -0.1) is 0 Å². The van der Waals surface area contributed by atoms with Gasteiger partial charge < -0.3 is 0 Å². The molecule has 3 nitrogen and oxygen atoms in total. The lowest BCUT2D eigenvalue weighted by atomic mass is 10.2. The lowest BCUT2D eigenvalue weighted by molar-refractivity contribution is -0.135. The summed E-state index contributed by atoms with van der Waals surface area (Å²) in [5.74, 6) is -0.819. The number of hydrogen-bond donors (Lipinski definition) is 0. The minimum Gasteiger partial charge on any atom is -0.207 e. The third-order valence-corrected chi connectivity index (χ3v) is 4.80. The molecular weight excluding hydrogens is 366 g/mol. The van der Waals surface area contributed by atoms with Crippen molar-refractivity contribution in [3.8, 4) is 0 Å². The van der Waals surface area contributed by atoms with Gasteiger partial charge >= 0.3 is 6.18 Å². The molecule has 0 heterocycles. The van der Waals surface area contributed by atoms with Crippen molar-refractivity contribution in [2.24, 2.45) is 0 Å². The molecule has 0 saturated carbocycles. The van der Waals surface area contributed by atoms with E-state index >= 15 is 0 Å². The van der Waals surface area contributed by atoms with E-state index in [-0.39, 0.29) is 21.7 Å². The smallest absolute Gasteiger partial charge is 0.207 e. The first-order valence-corrected chi connectivity index (χ1v) is 8.03. The normalized spacial score (nSPS) is 12.9. The molecule has 0 amide bonds. The van der Waals surface area contributed by atoms with Crippen LogP contribution in [0.3, 0.4) is 0 Å². The van der Waals surface area contributed by atoms with Gasteiger partial charge in [-0.2, -0.15) is 17.5 Å². The number of sulfonamides is 1. The average molecular weight is 378 g/mol.